The van der Waals surface area contributed by atoms with E-state index in [0.717, 1.165) is 10.6 Å². The average molecular weight is 437 g/mol. The molecule has 1 amide bonds. The van der Waals surface area contributed by atoms with Gasteiger partial charge in [0.05, 0.1) is 42.3 Å². The van der Waals surface area contributed by atoms with Crippen LogP contribution in [0.5, 0.6) is 11.5 Å². The van der Waals surface area contributed by atoms with E-state index in [2.05, 4.69) is 5.32 Å². The van der Waals surface area contributed by atoms with Crippen molar-refractivity contribution in [1.29, 1.82) is 0 Å². The molecule has 0 unspecified atom stereocenters. The van der Waals surface area contributed by atoms with Gasteiger partial charge in [0.1, 0.15) is 17.5 Å². The maximum atomic E-state index is 12.9. The van der Waals surface area contributed by atoms with Crippen molar-refractivity contribution in [3.05, 3.63) is 52.1 Å². The van der Waals surface area contributed by atoms with E-state index in [0.29, 0.717) is 5.75 Å². The van der Waals surface area contributed by atoms with Gasteiger partial charge in [0.25, 0.3) is 5.69 Å². The smallest absolute Gasteiger partial charge is 0.274 e. The Hall–Kier alpha value is -3.34. The molecular formula is C19H23N3O7S. The van der Waals surface area contributed by atoms with E-state index < -0.39 is 26.9 Å². The zero-order valence-corrected chi connectivity index (χ0v) is 18.0. The first kappa shape index (κ1) is 22.9. The summed E-state index contributed by atoms with van der Waals surface area (Å²) in [6.07, 6.45) is 0.967. The Morgan fingerprint density at radius 2 is 1.87 bits per heavy atom. The third-order valence-corrected chi connectivity index (χ3v) is 5.70. The van der Waals surface area contributed by atoms with Gasteiger partial charge in [0, 0.05) is 12.1 Å². The number of nitrogens with zero attached hydrogens (tertiary/aromatic N) is 2. The number of methoxy groups -OCH3 is 2. The van der Waals surface area contributed by atoms with Gasteiger partial charge in [0.2, 0.25) is 15.9 Å². The molecule has 0 aliphatic rings. The van der Waals surface area contributed by atoms with Crippen molar-refractivity contribution in [3.8, 4) is 11.5 Å². The van der Waals surface area contributed by atoms with Crippen LogP contribution < -0.4 is 19.1 Å². The van der Waals surface area contributed by atoms with Crippen molar-refractivity contribution in [2.45, 2.75) is 19.9 Å². The quantitative estimate of drug-likeness (QED) is 0.497. The number of amides is 1. The van der Waals surface area contributed by atoms with Gasteiger partial charge in [-0.3, -0.25) is 19.2 Å². The summed E-state index contributed by atoms with van der Waals surface area (Å²) in [5.74, 6) is -0.0668. The molecule has 2 aromatic rings. The van der Waals surface area contributed by atoms with E-state index in [1.807, 2.05) is 0 Å². The van der Waals surface area contributed by atoms with Crippen molar-refractivity contribution < 1.29 is 27.6 Å². The first-order chi connectivity index (χ1) is 14.0. The Bertz CT molecular complexity index is 1070. The molecule has 0 saturated heterocycles. The van der Waals surface area contributed by atoms with Crippen molar-refractivity contribution in [2.24, 2.45) is 0 Å². The van der Waals surface area contributed by atoms with Crippen molar-refractivity contribution in [1.82, 2.24) is 0 Å². The van der Waals surface area contributed by atoms with Crippen molar-refractivity contribution in [2.75, 3.05) is 30.1 Å². The standard InChI is InChI=1S/C19H23N3O7S/c1-12-15(7-6-8-16(12)22(24)25)20-19(23)13(2)21(30(5,26)27)17-11-14(28-3)9-10-18(17)29-4/h6-11,13H,1-5H3,(H,20,23)/t13-/m0/s1. The van der Waals surface area contributed by atoms with E-state index in [1.165, 1.54) is 58.4 Å². The van der Waals surface area contributed by atoms with Gasteiger partial charge < -0.3 is 14.8 Å². The Morgan fingerprint density at radius 3 is 2.40 bits per heavy atom. The van der Waals surface area contributed by atoms with Crippen LogP contribution in [0.2, 0.25) is 0 Å². The van der Waals surface area contributed by atoms with Gasteiger partial charge in [0.15, 0.2) is 0 Å². The summed E-state index contributed by atoms with van der Waals surface area (Å²) in [7, 11) is -1.11. The summed E-state index contributed by atoms with van der Waals surface area (Å²) in [5.41, 5.74) is 0.438. The number of sulfonamides is 1. The number of rotatable bonds is 8. The highest BCUT2D eigenvalue weighted by Crippen LogP contribution is 2.35. The molecule has 0 aliphatic heterocycles. The third kappa shape index (κ3) is 4.79. The lowest BCUT2D eigenvalue weighted by atomic mass is 10.1. The van der Waals surface area contributed by atoms with Crippen LogP contribution in [0.25, 0.3) is 0 Å². The van der Waals surface area contributed by atoms with Gasteiger partial charge in [-0.05, 0) is 32.0 Å². The number of nitrogens with one attached hydrogen (secondary N) is 1. The molecule has 0 radical (unpaired) electrons. The first-order valence-electron chi connectivity index (χ1n) is 8.77. The number of ether oxygens (including phenoxy) is 2. The van der Waals surface area contributed by atoms with Crippen LogP contribution in [-0.2, 0) is 14.8 Å². The fourth-order valence-corrected chi connectivity index (χ4v) is 4.11. The van der Waals surface area contributed by atoms with Crippen LogP contribution in [0.15, 0.2) is 36.4 Å². The fourth-order valence-electron chi connectivity index (χ4n) is 2.94. The highest BCUT2D eigenvalue weighted by Gasteiger charge is 2.32. The van der Waals surface area contributed by atoms with Crippen LogP contribution in [0, 0.1) is 17.0 Å². The van der Waals surface area contributed by atoms with Crippen LogP contribution >= 0.6 is 0 Å². The van der Waals surface area contributed by atoms with Crippen LogP contribution in [0.1, 0.15) is 12.5 Å². The maximum absolute atomic E-state index is 12.9. The molecule has 2 aromatic carbocycles. The Labute approximate surface area is 174 Å². The molecule has 0 bridgehead atoms. The molecule has 2 rings (SSSR count). The normalized spacial score (nSPS) is 12.0. The van der Waals surface area contributed by atoms with Crippen LogP contribution in [-0.4, -0.2) is 45.8 Å². The maximum Gasteiger partial charge on any atom is 0.274 e. The van der Waals surface area contributed by atoms with Crippen molar-refractivity contribution in [3.63, 3.8) is 0 Å². The van der Waals surface area contributed by atoms with Gasteiger partial charge in [-0.1, -0.05) is 6.07 Å². The van der Waals surface area contributed by atoms with Gasteiger partial charge in [-0.2, -0.15) is 0 Å². The van der Waals surface area contributed by atoms with Crippen LogP contribution in [0.3, 0.4) is 0 Å². The molecule has 162 valence electrons. The Morgan fingerprint density at radius 1 is 1.20 bits per heavy atom. The molecule has 0 heterocycles. The van der Waals surface area contributed by atoms with E-state index in [1.54, 1.807) is 6.07 Å². The largest absolute Gasteiger partial charge is 0.497 e. The molecular weight excluding hydrogens is 414 g/mol. The van der Waals surface area contributed by atoms with E-state index in [-0.39, 0.29) is 28.4 Å². The number of anilines is 2. The molecule has 30 heavy (non-hydrogen) atoms. The van der Waals surface area contributed by atoms with Gasteiger partial charge in [-0.15, -0.1) is 0 Å². The minimum absolute atomic E-state index is 0.123. The molecule has 1 atom stereocenters. The third-order valence-electron chi connectivity index (χ3n) is 4.47. The summed E-state index contributed by atoms with van der Waals surface area (Å²) >= 11 is 0. The first-order valence-corrected chi connectivity index (χ1v) is 10.6. The topological polar surface area (TPSA) is 128 Å². The fraction of sp³-hybridized carbons (Fsp3) is 0.316. The summed E-state index contributed by atoms with van der Waals surface area (Å²) < 4.78 is 36.5. The number of carbonyl (C=O) groups excluding carboxylic acids is 1. The van der Waals surface area contributed by atoms with E-state index in [9.17, 15) is 23.3 Å². The zero-order valence-electron chi connectivity index (χ0n) is 17.2. The second-order valence-corrected chi connectivity index (χ2v) is 8.33. The molecule has 10 nitrogen and oxygen atoms in total. The Kier molecular flexibility index (Phi) is 6.88. The molecule has 0 saturated carbocycles. The van der Waals surface area contributed by atoms with E-state index >= 15 is 0 Å². The molecule has 1 N–H and O–H groups in total. The van der Waals surface area contributed by atoms with Crippen LogP contribution in [0.4, 0.5) is 17.1 Å². The second-order valence-electron chi connectivity index (χ2n) is 6.47. The lowest BCUT2D eigenvalue weighted by molar-refractivity contribution is -0.385. The number of hydrogen-bond donors (Lipinski definition) is 1. The van der Waals surface area contributed by atoms with E-state index in [4.69, 9.17) is 9.47 Å². The highest BCUT2D eigenvalue weighted by atomic mass is 32.2. The van der Waals surface area contributed by atoms with Gasteiger partial charge in [-0.25, -0.2) is 8.42 Å². The lowest BCUT2D eigenvalue weighted by Crippen LogP contribution is -2.45. The minimum Gasteiger partial charge on any atom is -0.497 e. The average Bonchev–Trinajstić information content (AvgIpc) is 2.68. The van der Waals surface area contributed by atoms with Gasteiger partial charge >= 0.3 is 0 Å². The number of benzene rings is 2. The molecule has 0 fully saturated rings. The zero-order chi connectivity index (χ0) is 22.6. The number of hydrogen-bond acceptors (Lipinski definition) is 7. The monoisotopic (exact) mass is 437 g/mol. The number of nitro benzene ring substituents is 1. The summed E-state index contributed by atoms with van der Waals surface area (Å²) in [6.45, 7) is 2.90. The number of nitro groups is 1. The second kappa shape index (κ2) is 8.99. The summed E-state index contributed by atoms with van der Waals surface area (Å²) in [6, 6.07) is 7.64. The Balaban J connectivity index is 2.47. The van der Waals surface area contributed by atoms with Crippen molar-refractivity contribution >= 4 is 33.0 Å². The minimum atomic E-state index is -3.92. The molecule has 11 heteroatoms. The highest BCUT2D eigenvalue weighted by molar-refractivity contribution is 7.92. The molecule has 0 aliphatic carbocycles. The predicted octanol–water partition coefficient (Wildman–Crippen LogP) is 2.71. The lowest BCUT2D eigenvalue weighted by Gasteiger charge is -2.29. The predicted molar refractivity (Wildman–Crippen MR) is 113 cm³/mol. The number of carbonyl (C=O) groups is 1. The molecule has 0 spiro atoms. The summed E-state index contributed by atoms with van der Waals surface area (Å²) in [5, 5.41) is 13.7. The molecule has 0 aromatic heterocycles. The summed E-state index contributed by atoms with van der Waals surface area (Å²) in [4.78, 5) is 23.5. The SMILES string of the molecule is COc1ccc(OC)c(N([C@@H](C)C(=O)Nc2cccc([N+](=O)[O-])c2C)S(C)(=O)=O)c1.